The van der Waals surface area contributed by atoms with Gasteiger partial charge in [-0.15, -0.1) is 0 Å². The van der Waals surface area contributed by atoms with Crippen LogP contribution in [-0.4, -0.2) is 96.7 Å². The number of aliphatic hydroxyl groups is 1. The molecule has 0 aliphatic carbocycles. The Labute approximate surface area is 586 Å². The van der Waals surface area contributed by atoms with Crippen molar-refractivity contribution in [3.63, 3.8) is 0 Å². The summed E-state index contributed by atoms with van der Waals surface area (Å²) in [5.74, 6) is -0.704. The Morgan fingerprint density at radius 3 is 0.938 bits per heavy atom. The Morgan fingerprint density at radius 1 is 0.344 bits per heavy atom. The molecule has 19 heteroatoms. The van der Waals surface area contributed by atoms with Crippen LogP contribution < -0.4 is 0 Å². The third-order valence-electron chi connectivity index (χ3n) is 17.7. The Kier molecular flexibility index (Phi) is 66.6. The molecule has 96 heavy (non-hydrogen) atoms. The van der Waals surface area contributed by atoms with E-state index in [1.54, 1.807) is 0 Å². The largest absolute Gasteiger partial charge is 0.472 e. The number of carbonyl (C=O) groups is 4. The molecule has 0 bridgehead atoms. The van der Waals surface area contributed by atoms with Gasteiger partial charge in [0.15, 0.2) is 12.2 Å². The Hall–Kier alpha value is -2.46. The highest BCUT2D eigenvalue weighted by Gasteiger charge is 2.30. The molecule has 3 N–H and O–H groups in total. The van der Waals surface area contributed by atoms with E-state index in [0.29, 0.717) is 31.6 Å². The zero-order chi connectivity index (χ0) is 70.7. The van der Waals surface area contributed by atoms with Gasteiger partial charge < -0.3 is 33.8 Å². The minimum atomic E-state index is -4.97. The molecule has 0 rings (SSSR count). The molecule has 0 amide bonds. The van der Waals surface area contributed by atoms with Gasteiger partial charge in [-0.2, -0.15) is 0 Å². The minimum Gasteiger partial charge on any atom is -0.462 e. The Bertz CT molecular complexity index is 1950. The van der Waals surface area contributed by atoms with Gasteiger partial charge >= 0.3 is 39.5 Å². The second-order valence-corrected chi connectivity index (χ2v) is 30.7. The lowest BCUT2D eigenvalue weighted by atomic mass is 9.99. The maximum absolute atomic E-state index is 13.1. The topological polar surface area (TPSA) is 237 Å². The number of phosphoric acid groups is 2. The van der Waals surface area contributed by atoms with Gasteiger partial charge in [0.25, 0.3) is 0 Å². The number of rotatable bonds is 74. The molecule has 0 aliphatic heterocycles. The molecule has 17 nitrogen and oxygen atoms in total. The van der Waals surface area contributed by atoms with E-state index in [9.17, 15) is 43.2 Å². The number of carbonyl (C=O) groups excluding carboxylic acids is 4. The fourth-order valence-corrected chi connectivity index (χ4v) is 12.8. The van der Waals surface area contributed by atoms with E-state index < -0.39 is 97.5 Å². The van der Waals surface area contributed by atoms with E-state index in [0.717, 1.165) is 121 Å². The number of ether oxygens (including phenoxy) is 4. The summed E-state index contributed by atoms with van der Waals surface area (Å²) in [4.78, 5) is 72.8. The van der Waals surface area contributed by atoms with Crippen molar-refractivity contribution in [3.8, 4) is 0 Å². The van der Waals surface area contributed by atoms with E-state index in [1.807, 2.05) is 0 Å². The first-order valence-electron chi connectivity index (χ1n) is 39.3. The van der Waals surface area contributed by atoms with Crippen LogP contribution in [-0.2, 0) is 65.4 Å². The first-order chi connectivity index (χ1) is 46.4. The Morgan fingerprint density at radius 2 is 0.615 bits per heavy atom. The molecule has 0 saturated carbocycles. The number of hydrogen-bond acceptors (Lipinski definition) is 15. The van der Waals surface area contributed by atoms with Crippen LogP contribution in [0.5, 0.6) is 0 Å². The van der Waals surface area contributed by atoms with E-state index in [2.05, 4.69) is 65.8 Å². The predicted octanol–water partition coefficient (Wildman–Crippen LogP) is 22.3. The summed E-state index contributed by atoms with van der Waals surface area (Å²) >= 11 is 0. The average Bonchev–Trinajstić information content (AvgIpc) is 1.38. The number of allylic oxidation sites excluding steroid dienone is 4. The summed E-state index contributed by atoms with van der Waals surface area (Å²) in [5.41, 5.74) is 0. The van der Waals surface area contributed by atoms with Crippen LogP contribution in [0, 0.1) is 11.8 Å². The SMILES string of the molecule is CCCCCC/C=C\C=C/CCCCCCCC(=O)OC[C@H](COP(=O)(O)OC[C@@H](O)COP(=O)(O)OC[C@@H](COC(=O)CCCCCCCCC(C)C)OC(=O)CCCCCCCCCCC(C)CC)OC(=O)CCCCCCCCCCCCCCCCCCCCCC. The number of phosphoric ester groups is 2. The third kappa shape index (κ3) is 68.7. The van der Waals surface area contributed by atoms with Crippen molar-refractivity contribution in [2.45, 2.75) is 394 Å². The lowest BCUT2D eigenvalue weighted by Gasteiger charge is -2.21. The molecule has 0 aromatic heterocycles. The van der Waals surface area contributed by atoms with Crippen LogP contribution in [0.1, 0.15) is 375 Å². The van der Waals surface area contributed by atoms with Crippen LogP contribution in [0.15, 0.2) is 24.3 Å². The molecule has 0 aromatic rings. The van der Waals surface area contributed by atoms with Crippen molar-refractivity contribution in [1.82, 2.24) is 0 Å². The van der Waals surface area contributed by atoms with Gasteiger partial charge in [0, 0.05) is 25.7 Å². The zero-order valence-corrected chi connectivity index (χ0v) is 63.9. The molecule has 0 radical (unpaired) electrons. The van der Waals surface area contributed by atoms with Crippen LogP contribution in [0.3, 0.4) is 0 Å². The summed E-state index contributed by atoms with van der Waals surface area (Å²) in [6.45, 7) is 9.44. The molecule has 0 aliphatic rings. The van der Waals surface area contributed by atoms with Crippen LogP contribution in [0.25, 0.3) is 0 Å². The van der Waals surface area contributed by atoms with Crippen molar-refractivity contribution < 1.29 is 80.2 Å². The molecule has 0 heterocycles. The van der Waals surface area contributed by atoms with E-state index in [1.165, 1.54) is 167 Å². The third-order valence-corrected chi connectivity index (χ3v) is 19.6. The maximum atomic E-state index is 13.1. The quantitative estimate of drug-likeness (QED) is 0.0169. The van der Waals surface area contributed by atoms with Crippen molar-refractivity contribution in [2.75, 3.05) is 39.6 Å². The van der Waals surface area contributed by atoms with Crippen molar-refractivity contribution in [2.24, 2.45) is 11.8 Å². The summed E-state index contributed by atoms with van der Waals surface area (Å²) < 4.78 is 68.5. The summed E-state index contributed by atoms with van der Waals surface area (Å²) in [6, 6.07) is 0. The van der Waals surface area contributed by atoms with Gasteiger partial charge in [-0.3, -0.25) is 37.3 Å². The zero-order valence-electron chi connectivity index (χ0n) is 62.2. The first-order valence-corrected chi connectivity index (χ1v) is 42.3. The number of aliphatic hydroxyl groups excluding tert-OH is 1. The summed E-state index contributed by atoms with van der Waals surface area (Å²) in [7, 11) is -9.92. The van der Waals surface area contributed by atoms with E-state index in [-0.39, 0.29) is 25.7 Å². The van der Waals surface area contributed by atoms with Crippen molar-refractivity contribution in [3.05, 3.63) is 24.3 Å². The Balaban J connectivity index is 5.25. The lowest BCUT2D eigenvalue weighted by molar-refractivity contribution is -0.161. The highest BCUT2D eigenvalue weighted by Crippen LogP contribution is 2.45. The molecular weight excluding hydrogens is 1260 g/mol. The molecule has 0 spiro atoms. The van der Waals surface area contributed by atoms with Gasteiger partial charge in [-0.1, -0.05) is 323 Å². The predicted molar refractivity (Wildman–Crippen MR) is 391 cm³/mol. The first kappa shape index (κ1) is 93.5. The van der Waals surface area contributed by atoms with Crippen LogP contribution in [0.2, 0.25) is 0 Å². The van der Waals surface area contributed by atoms with Gasteiger partial charge in [-0.25, -0.2) is 9.13 Å². The normalized spacial score (nSPS) is 14.4. The van der Waals surface area contributed by atoms with Gasteiger partial charge in [-0.05, 0) is 63.2 Å². The highest BCUT2D eigenvalue weighted by atomic mass is 31.2. The van der Waals surface area contributed by atoms with E-state index >= 15 is 0 Å². The molecule has 0 aromatic carbocycles. The molecule has 3 unspecified atom stereocenters. The number of hydrogen-bond donors (Lipinski definition) is 3. The van der Waals surface area contributed by atoms with Crippen LogP contribution >= 0.6 is 15.6 Å². The molecule has 6 atom stereocenters. The molecule has 566 valence electrons. The van der Waals surface area contributed by atoms with E-state index in [4.69, 9.17) is 37.0 Å². The highest BCUT2D eigenvalue weighted by molar-refractivity contribution is 7.47. The summed E-state index contributed by atoms with van der Waals surface area (Å²) in [5, 5.41) is 10.6. The van der Waals surface area contributed by atoms with Gasteiger partial charge in [0.05, 0.1) is 26.4 Å². The summed E-state index contributed by atoms with van der Waals surface area (Å²) in [6.07, 6.45) is 59.3. The smallest absolute Gasteiger partial charge is 0.462 e. The maximum Gasteiger partial charge on any atom is 0.472 e. The average molecular weight is 1410 g/mol. The second-order valence-electron chi connectivity index (χ2n) is 27.8. The fraction of sp³-hybridized carbons (Fsp3) is 0.896. The van der Waals surface area contributed by atoms with Gasteiger partial charge in [0.2, 0.25) is 0 Å². The monoisotopic (exact) mass is 1410 g/mol. The number of unbranched alkanes of at least 4 members (excludes halogenated alkanes) is 40. The standard InChI is InChI=1S/C77H146O17P2/c1-7-10-12-14-16-18-20-22-24-25-26-27-28-30-32-34-36-41-49-55-61-76(81)93-72(65-87-74(79)59-53-47-40-35-33-31-29-23-21-19-17-15-13-11-8-2)67-91-95(83,84)89-63-71(78)64-90-96(85,86)92-68-73(66-88-75(80)60-54-48-44-43-45-51-57-69(4)5)94-77(82)62-56-50-42-38-37-39-46-52-58-70(6)9-3/h19,21,23,29,69-73,78H,7-18,20,22,24-28,30-68H2,1-6H3,(H,83,84)(H,85,86)/b21-19-,29-23-/t70?,71-,72-,73-/m1/s1. The van der Waals surface area contributed by atoms with Crippen molar-refractivity contribution in [1.29, 1.82) is 0 Å². The van der Waals surface area contributed by atoms with Crippen LogP contribution in [0.4, 0.5) is 0 Å². The lowest BCUT2D eigenvalue weighted by Crippen LogP contribution is -2.30. The molecule has 0 fully saturated rings. The molecular formula is C77H146O17P2. The number of esters is 4. The molecule has 0 saturated heterocycles. The minimum absolute atomic E-state index is 0.102. The fourth-order valence-electron chi connectivity index (χ4n) is 11.3. The second kappa shape index (κ2) is 68.3. The van der Waals surface area contributed by atoms with Crippen molar-refractivity contribution >= 4 is 39.5 Å². The van der Waals surface area contributed by atoms with Gasteiger partial charge in [0.1, 0.15) is 19.3 Å².